The van der Waals surface area contributed by atoms with Crippen LogP contribution in [0.5, 0.6) is 5.75 Å². The fourth-order valence-corrected chi connectivity index (χ4v) is 8.02. The molecule has 2 aliphatic rings. The number of rotatable bonds is 10. The zero-order valence-electron chi connectivity index (χ0n) is 23.6. The predicted octanol–water partition coefficient (Wildman–Crippen LogP) is 5.37. The highest BCUT2D eigenvalue weighted by atomic mass is 32.2. The first-order chi connectivity index (χ1) is 20.5. The molecule has 0 bridgehead atoms. The van der Waals surface area contributed by atoms with Gasteiger partial charge in [0.15, 0.2) is 5.13 Å². The molecule has 1 amide bonds. The summed E-state index contributed by atoms with van der Waals surface area (Å²) in [6.45, 7) is 6.14. The number of sulfonamides is 1. The van der Waals surface area contributed by atoms with Crippen molar-refractivity contribution in [2.24, 2.45) is 0 Å². The number of hydrogen-bond acceptors (Lipinski definition) is 8. The van der Waals surface area contributed by atoms with Crippen molar-refractivity contribution in [3.05, 3.63) is 60.2 Å². The smallest absolute Gasteiger partial charge is 0.261 e. The second kappa shape index (κ2) is 13.0. The highest BCUT2D eigenvalue weighted by Crippen LogP contribution is 2.32. The van der Waals surface area contributed by atoms with E-state index in [2.05, 4.69) is 15.2 Å². The van der Waals surface area contributed by atoms with Crippen molar-refractivity contribution in [2.45, 2.75) is 37.0 Å². The van der Waals surface area contributed by atoms with Crippen molar-refractivity contribution in [3.8, 4) is 5.75 Å². The number of hydrogen-bond donors (Lipinski definition) is 1. The lowest BCUT2D eigenvalue weighted by Crippen LogP contribution is -2.36. The van der Waals surface area contributed by atoms with Crippen molar-refractivity contribution in [1.29, 1.82) is 0 Å². The zero-order valence-corrected chi connectivity index (χ0v) is 25.2. The molecule has 0 unspecified atom stereocenters. The number of nitrogens with zero attached hydrogens (tertiary/aromatic N) is 3. The SMILES string of the molecule is O=C(Nc1nc2ccc(S(=O)(=O)N3CCCCC3)cc2s1)c1cc2ccccc2cc1OCCCCN1CCOCC1. The van der Waals surface area contributed by atoms with Gasteiger partial charge in [-0.15, -0.1) is 0 Å². The summed E-state index contributed by atoms with van der Waals surface area (Å²) in [5.41, 5.74) is 1.08. The van der Waals surface area contributed by atoms with Gasteiger partial charge in [0.05, 0.1) is 40.5 Å². The fraction of sp³-hybridized carbons (Fsp3) is 0.419. The molecular formula is C31H36N4O5S2. The summed E-state index contributed by atoms with van der Waals surface area (Å²) < 4.78 is 40.2. The Morgan fingerprint density at radius 2 is 1.71 bits per heavy atom. The third-order valence-electron chi connectivity index (χ3n) is 7.86. The molecule has 3 heterocycles. The molecule has 6 rings (SSSR count). The lowest BCUT2D eigenvalue weighted by Gasteiger charge is -2.26. The Labute approximate surface area is 250 Å². The van der Waals surface area contributed by atoms with Crippen LogP contribution in [0.25, 0.3) is 21.0 Å². The summed E-state index contributed by atoms with van der Waals surface area (Å²) in [6, 6.07) is 16.6. The molecule has 0 aliphatic carbocycles. The Morgan fingerprint density at radius 3 is 2.50 bits per heavy atom. The van der Waals surface area contributed by atoms with Gasteiger partial charge in [-0.05, 0) is 73.3 Å². The van der Waals surface area contributed by atoms with E-state index in [1.165, 1.54) is 11.3 Å². The second-order valence-electron chi connectivity index (χ2n) is 10.8. The molecular weight excluding hydrogens is 572 g/mol. The van der Waals surface area contributed by atoms with E-state index in [1.54, 1.807) is 22.5 Å². The average Bonchev–Trinajstić information content (AvgIpc) is 3.43. The highest BCUT2D eigenvalue weighted by molar-refractivity contribution is 7.89. The molecule has 1 aromatic heterocycles. The monoisotopic (exact) mass is 608 g/mol. The van der Waals surface area contributed by atoms with Gasteiger partial charge in [0, 0.05) is 26.2 Å². The Hall–Kier alpha value is -3.09. The lowest BCUT2D eigenvalue weighted by molar-refractivity contribution is 0.0368. The summed E-state index contributed by atoms with van der Waals surface area (Å²) in [5, 5.41) is 5.28. The summed E-state index contributed by atoms with van der Waals surface area (Å²) in [6.07, 6.45) is 4.71. The highest BCUT2D eigenvalue weighted by Gasteiger charge is 2.26. The summed E-state index contributed by atoms with van der Waals surface area (Å²) in [7, 11) is -3.56. The molecule has 3 aromatic carbocycles. The van der Waals surface area contributed by atoms with Crippen LogP contribution in [0.2, 0.25) is 0 Å². The van der Waals surface area contributed by atoms with Gasteiger partial charge in [0.2, 0.25) is 10.0 Å². The van der Waals surface area contributed by atoms with E-state index in [9.17, 15) is 13.2 Å². The molecule has 11 heteroatoms. The van der Waals surface area contributed by atoms with Crippen LogP contribution in [0, 0.1) is 0 Å². The fourth-order valence-electron chi connectivity index (χ4n) is 5.50. The molecule has 0 radical (unpaired) electrons. The minimum Gasteiger partial charge on any atom is -0.493 e. The number of amides is 1. The molecule has 222 valence electrons. The first-order valence-corrected chi connectivity index (χ1v) is 16.9. The molecule has 1 N–H and O–H groups in total. The number of nitrogens with one attached hydrogen (secondary N) is 1. The zero-order chi connectivity index (χ0) is 28.9. The first kappa shape index (κ1) is 29.0. The van der Waals surface area contributed by atoms with Gasteiger partial charge in [-0.25, -0.2) is 13.4 Å². The number of carbonyl (C=O) groups excluding carboxylic acids is 1. The Bertz CT molecular complexity index is 1660. The number of fused-ring (bicyclic) bond motifs is 2. The Balaban J connectivity index is 1.16. The number of benzene rings is 3. The number of carbonyl (C=O) groups is 1. The van der Waals surface area contributed by atoms with Crippen LogP contribution in [0.1, 0.15) is 42.5 Å². The summed E-state index contributed by atoms with van der Waals surface area (Å²) in [5.74, 6) is 0.220. The van der Waals surface area contributed by atoms with Gasteiger partial charge in [-0.3, -0.25) is 15.0 Å². The van der Waals surface area contributed by atoms with Crippen LogP contribution in [-0.2, 0) is 14.8 Å². The number of ether oxygens (including phenoxy) is 2. The molecule has 2 saturated heterocycles. The third kappa shape index (κ3) is 6.60. The molecule has 0 atom stereocenters. The van der Waals surface area contributed by atoms with Gasteiger partial charge in [0.25, 0.3) is 5.91 Å². The maximum atomic E-state index is 13.5. The van der Waals surface area contributed by atoms with Crippen LogP contribution in [0.15, 0.2) is 59.5 Å². The van der Waals surface area contributed by atoms with Crippen LogP contribution in [0.3, 0.4) is 0 Å². The van der Waals surface area contributed by atoms with Gasteiger partial charge in [-0.2, -0.15) is 4.31 Å². The van der Waals surface area contributed by atoms with Crippen molar-refractivity contribution in [2.75, 3.05) is 57.9 Å². The third-order valence-corrected chi connectivity index (χ3v) is 10.7. The van der Waals surface area contributed by atoms with Crippen LogP contribution in [-0.4, -0.2) is 81.1 Å². The average molecular weight is 609 g/mol. The van der Waals surface area contributed by atoms with Gasteiger partial charge in [-0.1, -0.05) is 42.0 Å². The molecule has 0 spiro atoms. The van der Waals surface area contributed by atoms with Crippen molar-refractivity contribution < 1.29 is 22.7 Å². The lowest BCUT2D eigenvalue weighted by atomic mass is 10.1. The van der Waals surface area contributed by atoms with E-state index in [1.807, 2.05) is 36.4 Å². The molecule has 9 nitrogen and oxygen atoms in total. The van der Waals surface area contributed by atoms with Crippen LogP contribution in [0.4, 0.5) is 5.13 Å². The van der Waals surface area contributed by atoms with E-state index in [0.29, 0.717) is 46.4 Å². The summed E-state index contributed by atoms with van der Waals surface area (Å²) >= 11 is 1.26. The van der Waals surface area contributed by atoms with Crippen molar-refractivity contribution >= 4 is 53.4 Å². The minimum absolute atomic E-state index is 0.261. The van der Waals surface area contributed by atoms with Gasteiger partial charge >= 0.3 is 0 Å². The van der Waals surface area contributed by atoms with E-state index < -0.39 is 10.0 Å². The normalized spacial score (nSPS) is 17.0. The Kier molecular flexibility index (Phi) is 9.01. The van der Waals surface area contributed by atoms with E-state index in [-0.39, 0.29) is 10.8 Å². The van der Waals surface area contributed by atoms with Crippen LogP contribution < -0.4 is 10.1 Å². The number of morpholine rings is 1. The van der Waals surface area contributed by atoms with Gasteiger partial charge < -0.3 is 9.47 Å². The quantitative estimate of drug-likeness (QED) is 0.242. The standard InChI is InChI=1S/C31H36N4O5S2/c36-30(33-31-32-27-11-10-25(22-29(27)41-31)42(37,38)35-13-4-1-5-14-35)26-20-23-8-2-3-9-24(23)21-28(26)40-17-7-6-12-34-15-18-39-19-16-34/h2-3,8-11,20-22H,1,4-7,12-19H2,(H,32,33,36). The van der Waals surface area contributed by atoms with Gasteiger partial charge in [0.1, 0.15) is 5.75 Å². The molecule has 0 saturated carbocycles. The van der Waals surface area contributed by atoms with E-state index in [4.69, 9.17) is 9.47 Å². The Morgan fingerprint density at radius 1 is 0.952 bits per heavy atom. The number of thiazole rings is 1. The number of unbranched alkanes of at least 4 members (excludes halogenated alkanes) is 1. The number of aromatic nitrogens is 1. The number of anilines is 1. The topological polar surface area (TPSA) is 101 Å². The molecule has 4 aromatic rings. The molecule has 2 fully saturated rings. The summed E-state index contributed by atoms with van der Waals surface area (Å²) in [4.78, 5) is 20.8. The first-order valence-electron chi connectivity index (χ1n) is 14.7. The molecule has 2 aliphatic heterocycles. The predicted molar refractivity (Wildman–Crippen MR) is 166 cm³/mol. The van der Waals surface area contributed by atoms with Crippen molar-refractivity contribution in [3.63, 3.8) is 0 Å². The van der Waals surface area contributed by atoms with E-state index in [0.717, 1.165) is 75.7 Å². The maximum Gasteiger partial charge on any atom is 0.261 e. The maximum absolute atomic E-state index is 13.5. The van der Waals surface area contributed by atoms with Crippen LogP contribution >= 0.6 is 11.3 Å². The van der Waals surface area contributed by atoms with Crippen molar-refractivity contribution in [1.82, 2.24) is 14.2 Å². The molecule has 42 heavy (non-hydrogen) atoms. The van der Waals surface area contributed by atoms with E-state index >= 15 is 0 Å². The minimum atomic E-state index is -3.56. The second-order valence-corrected chi connectivity index (χ2v) is 13.7. The largest absolute Gasteiger partial charge is 0.493 e. The number of piperidine rings is 1.